The number of anilines is 1. The van der Waals surface area contributed by atoms with Gasteiger partial charge in [0.2, 0.25) is 0 Å². The normalized spacial score (nSPS) is 10.8. The first kappa shape index (κ1) is 14.7. The molecule has 1 heterocycles. The Morgan fingerprint density at radius 2 is 1.95 bits per heavy atom. The number of thioether (sulfide) groups is 1. The van der Waals surface area contributed by atoms with Gasteiger partial charge in [-0.2, -0.15) is 5.10 Å². The summed E-state index contributed by atoms with van der Waals surface area (Å²) < 4.78 is 1.66. The summed E-state index contributed by atoms with van der Waals surface area (Å²) in [6, 6.07) is 9.51. The molecule has 0 fully saturated rings. The van der Waals surface area contributed by atoms with Gasteiger partial charge in [0.15, 0.2) is 0 Å². The summed E-state index contributed by atoms with van der Waals surface area (Å²) >= 11 is 1.78. The van der Waals surface area contributed by atoms with Gasteiger partial charge < -0.3 is 5.32 Å². The molecule has 106 valence electrons. The van der Waals surface area contributed by atoms with E-state index in [0.717, 1.165) is 5.69 Å². The van der Waals surface area contributed by atoms with Crippen molar-refractivity contribution in [1.82, 2.24) is 9.78 Å². The lowest BCUT2D eigenvalue weighted by Gasteiger charge is -2.07. The molecule has 0 aliphatic carbocycles. The Kier molecular flexibility index (Phi) is 4.49. The zero-order valence-corrected chi connectivity index (χ0v) is 13.0. The molecule has 4 nitrogen and oxygen atoms in total. The van der Waals surface area contributed by atoms with Crippen LogP contribution in [0.3, 0.4) is 0 Å². The zero-order valence-electron chi connectivity index (χ0n) is 12.2. The van der Waals surface area contributed by atoms with Crippen LogP contribution >= 0.6 is 11.8 Å². The minimum Gasteiger partial charge on any atom is -0.307 e. The molecular weight excluding hydrogens is 270 g/mol. The number of hydrogen-bond acceptors (Lipinski definition) is 3. The van der Waals surface area contributed by atoms with Crippen LogP contribution in [0.25, 0.3) is 0 Å². The highest BCUT2D eigenvalue weighted by molar-refractivity contribution is 7.99. The fourth-order valence-corrected chi connectivity index (χ4v) is 2.71. The van der Waals surface area contributed by atoms with E-state index in [4.69, 9.17) is 0 Å². The number of rotatable bonds is 4. The number of amides is 1. The predicted molar refractivity (Wildman–Crippen MR) is 83.3 cm³/mol. The Morgan fingerprint density at radius 3 is 2.45 bits per heavy atom. The summed E-state index contributed by atoms with van der Waals surface area (Å²) in [6.07, 6.45) is 0. The third-order valence-corrected chi connectivity index (χ3v) is 3.75. The predicted octanol–water partition coefficient (Wildman–Crippen LogP) is 3.48. The first-order chi connectivity index (χ1) is 9.45. The molecule has 2 rings (SSSR count). The van der Waals surface area contributed by atoms with Crippen molar-refractivity contribution < 1.29 is 4.79 Å². The van der Waals surface area contributed by atoms with E-state index in [1.165, 1.54) is 4.90 Å². The summed E-state index contributed by atoms with van der Waals surface area (Å²) in [7, 11) is 1.81. The van der Waals surface area contributed by atoms with Gasteiger partial charge in [-0.3, -0.25) is 9.48 Å². The van der Waals surface area contributed by atoms with Crippen LogP contribution in [0.5, 0.6) is 0 Å². The van der Waals surface area contributed by atoms with Gasteiger partial charge in [0.25, 0.3) is 5.91 Å². The monoisotopic (exact) mass is 289 g/mol. The number of hydrogen-bond donors (Lipinski definition) is 1. The van der Waals surface area contributed by atoms with E-state index < -0.39 is 0 Å². The van der Waals surface area contributed by atoms with Gasteiger partial charge in [-0.05, 0) is 31.2 Å². The van der Waals surface area contributed by atoms with E-state index in [-0.39, 0.29) is 5.91 Å². The van der Waals surface area contributed by atoms with Crippen LogP contribution in [0.1, 0.15) is 29.9 Å². The lowest BCUT2D eigenvalue weighted by Crippen LogP contribution is -2.14. The maximum Gasteiger partial charge on any atom is 0.256 e. The van der Waals surface area contributed by atoms with Gasteiger partial charge in [-0.15, -0.1) is 11.8 Å². The molecule has 0 unspecified atom stereocenters. The van der Waals surface area contributed by atoms with Crippen molar-refractivity contribution in [2.24, 2.45) is 7.05 Å². The standard InChI is InChI=1S/C15H19N3OS/c1-10(2)20-13-7-5-12(6-8-13)15(19)16-14-9-11(3)17-18(14)4/h5-10H,1-4H3,(H,16,19). The molecule has 20 heavy (non-hydrogen) atoms. The molecule has 5 heteroatoms. The van der Waals surface area contributed by atoms with E-state index in [1.54, 1.807) is 16.4 Å². The van der Waals surface area contributed by atoms with Gasteiger partial charge in [0.05, 0.1) is 5.69 Å². The lowest BCUT2D eigenvalue weighted by molar-refractivity contribution is 0.102. The molecule has 0 saturated carbocycles. The van der Waals surface area contributed by atoms with Crippen molar-refractivity contribution in [1.29, 1.82) is 0 Å². The van der Waals surface area contributed by atoms with E-state index in [0.29, 0.717) is 16.6 Å². The van der Waals surface area contributed by atoms with Crippen LogP contribution in [0.2, 0.25) is 0 Å². The van der Waals surface area contributed by atoms with Gasteiger partial charge >= 0.3 is 0 Å². The molecule has 1 aromatic heterocycles. The Hall–Kier alpha value is -1.75. The lowest BCUT2D eigenvalue weighted by atomic mass is 10.2. The van der Waals surface area contributed by atoms with Crippen LogP contribution in [-0.2, 0) is 7.05 Å². The average molecular weight is 289 g/mol. The second-order valence-electron chi connectivity index (χ2n) is 4.94. The molecule has 0 radical (unpaired) electrons. The molecule has 0 aliphatic heterocycles. The first-order valence-electron chi connectivity index (χ1n) is 6.54. The fraction of sp³-hybridized carbons (Fsp3) is 0.333. The van der Waals surface area contributed by atoms with Crippen LogP contribution in [0.4, 0.5) is 5.82 Å². The smallest absolute Gasteiger partial charge is 0.256 e. The van der Waals surface area contributed by atoms with E-state index in [9.17, 15) is 4.79 Å². The van der Waals surface area contributed by atoms with Gasteiger partial charge in [-0.25, -0.2) is 0 Å². The van der Waals surface area contributed by atoms with Crippen LogP contribution in [0, 0.1) is 6.92 Å². The minimum atomic E-state index is -0.117. The van der Waals surface area contributed by atoms with E-state index in [1.807, 2.05) is 44.3 Å². The summed E-state index contributed by atoms with van der Waals surface area (Å²) in [6.45, 7) is 6.19. The summed E-state index contributed by atoms with van der Waals surface area (Å²) in [5, 5.41) is 7.60. The Morgan fingerprint density at radius 1 is 1.30 bits per heavy atom. The number of aryl methyl sites for hydroxylation is 2. The summed E-state index contributed by atoms with van der Waals surface area (Å²) in [4.78, 5) is 13.3. The van der Waals surface area contributed by atoms with Gasteiger partial charge in [0.1, 0.15) is 5.82 Å². The highest BCUT2D eigenvalue weighted by Gasteiger charge is 2.09. The first-order valence-corrected chi connectivity index (χ1v) is 7.42. The van der Waals surface area contributed by atoms with Crippen molar-refractivity contribution in [3.8, 4) is 0 Å². The van der Waals surface area contributed by atoms with E-state index in [2.05, 4.69) is 24.3 Å². The summed E-state index contributed by atoms with van der Waals surface area (Å²) in [5.74, 6) is 0.585. The SMILES string of the molecule is Cc1cc(NC(=O)c2ccc(SC(C)C)cc2)n(C)n1. The second-order valence-corrected chi connectivity index (χ2v) is 6.59. The van der Waals surface area contributed by atoms with Crippen LogP contribution in [-0.4, -0.2) is 20.9 Å². The Balaban J connectivity index is 2.07. The maximum atomic E-state index is 12.2. The highest BCUT2D eigenvalue weighted by atomic mass is 32.2. The van der Waals surface area contributed by atoms with Crippen LogP contribution < -0.4 is 5.32 Å². The molecule has 1 amide bonds. The quantitative estimate of drug-likeness (QED) is 0.877. The Bertz CT molecular complexity index is 602. The van der Waals surface area contributed by atoms with Gasteiger partial charge in [0, 0.05) is 28.8 Å². The third kappa shape index (κ3) is 3.63. The minimum absolute atomic E-state index is 0.117. The Labute approximate surface area is 123 Å². The molecule has 1 N–H and O–H groups in total. The molecule has 0 spiro atoms. The van der Waals surface area contributed by atoms with Crippen molar-refractivity contribution in [2.75, 3.05) is 5.32 Å². The molecule has 0 saturated heterocycles. The highest BCUT2D eigenvalue weighted by Crippen LogP contribution is 2.23. The number of nitrogens with zero attached hydrogens (tertiary/aromatic N) is 2. The topological polar surface area (TPSA) is 46.9 Å². The molecule has 0 bridgehead atoms. The average Bonchev–Trinajstić information content (AvgIpc) is 2.68. The zero-order chi connectivity index (χ0) is 14.7. The molecule has 2 aromatic rings. The number of nitrogens with one attached hydrogen (secondary N) is 1. The van der Waals surface area contributed by atoms with Crippen LogP contribution in [0.15, 0.2) is 35.2 Å². The number of benzene rings is 1. The second kappa shape index (κ2) is 6.13. The molecule has 1 aromatic carbocycles. The fourth-order valence-electron chi connectivity index (χ4n) is 1.87. The van der Waals surface area contributed by atoms with Crippen molar-refractivity contribution in [2.45, 2.75) is 30.9 Å². The molecule has 0 atom stereocenters. The third-order valence-electron chi connectivity index (χ3n) is 2.73. The van der Waals surface area contributed by atoms with E-state index >= 15 is 0 Å². The number of aromatic nitrogens is 2. The van der Waals surface area contributed by atoms with Crippen molar-refractivity contribution >= 4 is 23.5 Å². The van der Waals surface area contributed by atoms with Crippen molar-refractivity contribution in [3.63, 3.8) is 0 Å². The number of carbonyl (C=O) groups is 1. The molecular formula is C15H19N3OS. The number of carbonyl (C=O) groups excluding carboxylic acids is 1. The maximum absolute atomic E-state index is 12.2. The largest absolute Gasteiger partial charge is 0.307 e. The van der Waals surface area contributed by atoms with Crippen molar-refractivity contribution in [3.05, 3.63) is 41.6 Å². The summed E-state index contributed by atoms with van der Waals surface area (Å²) in [5.41, 5.74) is 1.53. The molecule has 0 aliphatic rings. The van der Waals surface area contributed by atoms with Gasteiger partial charge in [-0.1, -0.05) is 13.8 Å².